The summed E-state index contributed by atoms with van der Waals surface area (Å²) in [6, 6.07) is 6.79. The van der Waals surface area contributed by atoms with Gasteiger partial charge < -0.3 is 14.6 Å². The van der Waals surface area contributed by atoms with E-state index in [1.54, 1.807) is 24.3 Å². The largest absolute Gasteiger partial charge is 0.483 e. The van der Waals surface area contributed by atoms with Crippen LogP contribution in [0.25, 0.3) is 0 Å². The fraction of sp³-hybridized carbons (Fsp3) is 0.222. The maximum atomic E-state index is 10.8. The Morgan fingerprint density at radius 3 is 2.71 bits per heavy atom. The predicted octanol–water partition coefficient (Wildman–Crippen LogP) is 0.197. The lowest BCUT2D eigenvalue weighted by Gasteiger charge is -2.31. The Balaban J connectivity index is 2.34. The second-order valence-electron chi connectivity index (χ2n) is 3.03. The number of nitrogens with two attached hydrogens (primary N) is 1. The SMILES string of the molecule is NC1(C(=O)O)COc2ccccc2O1. The molecule has 1 heterocycles. The van der Waals surface area contributed by atoms with Crippen LogP contribution in [0.5, 0.6) is 11.5 Å². The lowest BCUT2D eigenvalue weighted by atomic mass is 10.2. The van der Waals surface area contributed by atoms with E-state index in [1.165, 1.54) is 0 Å². The van der Waals surface area contributed by atoms with Crippen LogP contribution in [0.1, 0.15) is 0 Å². The van der Waals surface area contributed by atoms with Gasteiger partial charge in [-0.2, -0.15) is 0 Å². The summed E-state index contributed by atoms with van der Waals surface area (Å²) in [5.74, 6) is -0.384. The molecule has 2 rings (SSSR count). The van der Waals surface area contributed by atoms with Gasteiger partial charge in [-0.15, -0.1) is 0 Å². The molecule has 74 valence electrons. The Kier molecular flexibility index (Phi) is 1.82. The molecule has 1 atom stereocenters. The Hall–Kier alpha value is -1.75. The number of benzene rings is 1. The second kappa shape index (κ2) is 2.88. The maximum absolute atomic E-state index is 10.8. The molecule has 1 aliphatic rings. The van der Waals surface area contributed by atoms with Crippen molar-refractivity contribution < 1.29 is 19.4 Å². The van der Waals surface area contributed by atoms with E-state index in [-0.39, 0.29) is 6.61 Å². The highest BCUT2D eigenvalue weighted by molar-refractivity contribution is 5.78. The van der Waals surface area contributed by atoms with Crippen molar-refractivity contribution in [3.05, 3.63) is 24.3 Å². The van der Waals surface area contributed by atoms with Gasteiger partial charge in [0.1, 0.15) is 0 Å². The van der Waals surface area contributed by atoms with Gasteiger partial charge >= 0.3 is 5.97 Å². The average Bonchev–Trinajstić information content (AvgIpc) is 2.17. The van der Waals surface area contributed by atoms with Gasteiger partial charge in [0, 0.05) is 0 Å². The summed E-state index contributed by atoms with van der Waals surface area (Å²) >= 11 is 0. The van der Waals surface area contributed by atoms with Crippen LogP contribution < -0.4 is 15.2 Å². The van der Waals surface area contributed by atoms with Gasteiger partial charge in [0.25, 0.3) is 5.72 Å². The molecule has 1 aromatic rings. The van der Waals surface area contributed by atoms with Crippen molar-refractivity contribution in [1.82, 2.24) is 0 Å². The van der Waals surface area contributed by atoms with Crippen LogP contribution in [-0.4, -0.2) is 23.4 Å². The minimum absolute atomic E-state index is 0.195. The first-order chi connectivity index (χ1) is 6.62. The molecule has 0 aromatic heterocycles. The molecule has 0 radical (unpaired) electrons. The fourth-order valence-electron chi connectivity index (χ4n) is 1.17. The zero-order valence-corrected chi connectivity index (χ0v) is 7.27. The Morgan fingerprint density at radius 2 is 2.07 bits per heavy atom. The minimum atomic E-state index is -1.78. The normalized spacial score (nSPS) is 24.4. The summed E-state index contributed by atoms with van der Waals surface area (Å²) in [5.41, 5.74) is 3.69. The van der Waals surface area contributed by atoms with Crippen LogP contribution in [0.4, 0.5) is 0 Å². The van der Waals surface area contributed by atoms with E-state index in [4.69, 9.17) is 20.3 Å². The molecular weight excluding hydrogens is 186 g/mol. The van der Waals surface area contributed by atoms with E-state index < -0.39 is 11.7 Å². The van der Waals surface area contributed by atoms with E-state index in [0.29, 0.717) is 11.5 Å². The average molecular weight is 195 g/mol. The van der Waals surface area contributed by atoms with E-state index in [2.05, 4.69) is 0 Å². The van der Waals surface area contributed by atoms with Crippen LogP contribution in [-0.2, 0) is 4.79 Å². The summed E-state index contributed by atoms with van der Waals surface area (Å²) < 4.78 is 10.3. The van der Waals surface area contributed by atoms with Gasteiger partial charge in [0.2, 0.25) is 0 Å². The Morgan fingerprint density at radius 1 is 1.43 bits per heavy atom. The highest BCUT2D eigenvalue weighted by atomic mass is 16.6. The number of rotatable bonds is 1. The topological polar surface area (TPSA) is 81.8 Å². The van der Waals surface area contributed by atoms with Crippen LogP contribution in [0, 0.1) is 0 Å². The Labute approximate surface area is 80.0 Å². The van der Waals surface area contributed by atoms with Gasteiger partial charge in [0.05, 0.1) is 0 Å². The molecule has 0 bridgehead atoms. The lowest BCUT2D eigenvalue weighted by molar-refractivity contribution is -0.159. The van der Waals surface area contributed by atoms with Crippen molar-refractivity contribution in [1.29, 1.82) is 0 Å². The van der Waals surface area contributed by atoms with Crippen molar-refractivity contribution in [2.75, 3.05) is 6.61 Å². The van der Waals surface area contributed by atoms with Crippen molar-refractivity contribution >= 4 is 5.97 Å². The number of carbonyl (C=O) groups is 1. The van der Waals surface area contributed by atoms with Crippen LogP contribution in [0.3, 0.4) is 0 Å². The molecule has 0 amide bonds. The molecule has 14 heavy (non-hydrogen) atoms. The van der Waals surface area contributed by atoms with Crippen LogP contribution >= 0.6 is 0 Å². The minimum Gasteiger partial charge on any atom is -0.483 e. The van der Waals surface area contributed by atoms with E-state index in [1.807, 2.05) is 0 Å². The number of para-hydroxylation sites is 2. The summed E-state index contributed by atoms with van der Waals surface area (Å²) in [6.07, 6.45) is 0. The van der Waals surface area contributed by atoms with Gasteiger partial charge in [-0.3, -0.25) is 5.73 Å². The van der Waals surface area contributed by atoms with Crippen LogP contribution in [0.2, 0.25) is 0 Å². The van der Waals surface area contributed by atoms with Crippen molar-refractivity contribution in [3.63, 3.8) is 0 Å². The highest BCUT2D eigenvalue weighted by Crippen LogP contribution is 2.32. The smallest absolute Gasteiger partial charge is 0.367 e. The number of hydrogen-bond acceptors (Lipinski definition) is 4. The highest BCUT2D eigenvalue weighted by Gasteiger charge is 2.41. The fourth-order valence-corrected chi connectivity index (χ4v) is 1.17. The van der Waals surface area contributed by atoms with Crippen molar-refractivity contribution in [3.8, 4) is 11.5 Å². The number of fused-ring (bicyclic) bond motifs is 1. The van der Waals surface area contributed by atoms with Crippen molar-refractivity contribution in [2.45, 2.75) is 5.72 Å². The molecule has 1 unspecified atom stereocenters. The number of carboxylic acid groups (broad SMARTS) is 1. The third-order valence-corrected chi connectivity index (χ3v) is 1.95. The molecule has 5 nitrogen and oxygen atoms in total. The standard InChI is InChI=1S/C9H9NO4/c10-9(8(11)12)5-13-6-3-1-2-4-7(6)14-9/h1-4H,5,10H2,(H,11,12). The van der Waals surface area contributed by atoms with E-state index >= 15 is 0 Å². The molecule has 0 fully saturated rings. The number of aliphatic carboxylic acids is 1. The van der Waals surface area contributed by atoms with Crippen molar-refractivity contribution in [2.24, 2.45) is 5.73 Å². The summed E-state index contributed by atoms with van der Waals surface area (Å²) in [6.45, 7) is -0.195. The third-order valence-electron chi connectivity index (χ3n) is 1.95. The molecule has 3 N–H and O–H groups in total. The van der Waals surface area contributed by atoms with Crippen LogP contribution in [0.15, 0.2) is 24.3 Å². The first-order valence-electron chi connectivity index (χ1n) is 4.05. The van der Waals surface area contributed by atoms with Gasteiger partial charge in [-0.05, 0) is 12.1 Å². The van der Waals surface area contributed by atoms with E-state index in [0.717, 1.165) is 0 Å². The van der Waals surface area contributed by atoms with E-state index in [9.17, 15) is 4.79 Å². The molecule has 0 aliphatic carbocycles. The molecule has 0 spiro atoms. The summed E-state index contributed by atoms with van der Waals surface area (Å²) in [5, 5.41) is 8.79. The number of carboxylic acids is 1. The van der Waals surface area contributed by atoms with Gasteiger partial charge in [-0.1, -0.05) is 12.1 Å². The molecule has 0 saturated carbocycles. The Bertz CT molecular complexity index is 379. The quantitative estimate of drug-likeness (QED) is 0.668. The lowest BCUT2D eigenvalue weighted by Crippen LogP contribution is -2.59. The molecule has 1 aliphatic heterocycles. The maximum Gasteiger partial charge on any atom is 0.367 e. The first kappa shape index (κ1) is 8.83. The summed E-state index contributed by atoms with van der Waals surface area (Å²) in [4.78, 5) is 10.8. The predicted molar refractivity (Wildman–Crippen MR) is 47.1 cm³/mol. The zero-order chi connectivity index (χ0) is 10.2. The third kappa shape index (κ3) is 1.27. The number of hydrogen-bond donors (Lipinski definition) is 2. The zero-order valence-electron chi connectivity index (χ0n) is 7.27. The monoisotopic (exact) mass is 195 g/mol. The second-order valence-corrected chi connectivity index (χ2v) is 3.03. The summed E-state index contributed by atoms with van der Waals surface area (Å²) in [7, 11) is 0. The molecule has 0 saturated heterocycles. The molecule has 5 heteroatoms. The van der Waals surface area contributed by atoms with Gasteiger partial charge in [0.15, 0.2) is 18.1 Å². The number of ether oxygens (including phenoxy) is 2. The molecular formula is C9H9NO4. The first-order valence-corrected chi connectivity index (χ1v) is 4.05. The van der Waals surface area contributed by atoms with Gasteiger partial charge in [-0.25, -0.2) is 4.79 Å². The molecule has 1 aromatic carbocycles.